The van der Waals surface area contributed by atoms with Crippen LogP contribution in [-0.4, -0.2) is 42.1 Å². The van der Waals surface area contributed by atoms with E-state index in [-0.39, 0.29) is 5.91 Å². The average Bonchev–Trinajstić information content (AvgIpc) is 2.67. The molecule has 4 rings (SSSR count). The first-order valence-electron chi connectivity index (χ1n) is 9.11. The number of benzene rings is 1. The highest BCUT2D eigenvalue weighted by Crippen LogP contribution is 2.33. The highest BCUT2D eigenvalue weighted by atomic mass is 16.6. The Labute approximate surface area is 153 Å². The monoisotopic (exact) mass is 353 g/mol. The molecule has 6 nitrogen and oxygen atoms in total. The van der Waals surface area contributed by atoms with Gasteiger partial charge in [-0.05, 0) is 43.0 Å². The third-order valence-corrected chi connectivity index (χ3v) is 4.75. The molecule has 0 aliphatic carbocycles. The second kappa shape index (κ2) is 7.23. The van der Waals surface area contributed by atoms with Gasteiger partial charge in [-0.15, -0.1) is 0 Å². The first-order chi connectivity index (χ1) is 12.7. The number of aromatic nitrogens is 1. The fraction of sp³-hybridized carbons (Fsp3) is 0.400. The Morgan fingerprint density at radius 2 is 1.96 bits per heavy atom. The van der Waals surface area contributed by atoms with Crippen molar-refractivity contribution in [2.75, 3.05) is 31.6 Å². The molecule has 6 heteroatoms. The number of piperidine rings is 1. The van der Waals surface area contributed by atoms with E-state index in [0.717, 1.165) is 42.4 Å². The Bertz CT molecular complexity index is 809. The predicted octanol–water partition coefficient (Wildman–Crippen LogP) is 3.47. The molecule has 136 valence electrons. The van der Waals surface area contributed by atoms with Crippen LogP contribution >= 0.6 is 0 Å². The van der Waals surface area contributed by atoms with Gasteiger partial charge in [-0.1, -0.05) is 6.92 Å². The summed E-state index contributed by atoms with van der Waals surface area (Å²) in [4.78, 5) is 18.9. The molecule has 1 aromatic carbocycles. The fourth-order valence-electron chi connectivity index (χ4n) is 3.45. The average molecular weight is 353 g/mol. The Balaban J connectivity index is 1.50. The van der Waals surface area contributed by atoms with Gasteiger partial charge in [0.25, 0.3) is 5.91 Å². The highest BCUT2D eigenvalue weighted by molar-refractivity contribution is 5.93. The van der Waals surface area contributed by atoms with E-state index in [1.807, 2.05) is 29.2 Å². The van der Waals surface area contributed by atoms with Crippen molar-refractivity contribution in [1.82, 2.24) is 9.88 Å². The number of nitrogens with one attached hydrogen (secondary N) is 1. The lowest BCUT2D eigenvalue weighted by Gasteiger charge is -2.30. The van der Waals surface area contributed by atoms with Crippen LogP contribution in [0.1, 0.15) is 30.3 Å². The number of amides is 1. The van der Waals surface area contributed by atoms with Crippen molar-refractivity contribution in [2.45, 2.75) is 19.8 Å². The number of fused-ring (bicyclic) bond motifs is 1. The van der Waals surface area contributed by atoms with Crippen molar-refractivity contribution < 1.29 is 14.3 Å². The summed E-state index contributed by atoms with van der Waals surface area (Å²) < 4.78 is 11.2. The minimum Gasteiger partial charge on any atom is -0.486 e. The number of hydrogen-bond acceptors (Lipinski definition) is 5. The van der Waals surface area contributed by atoms with E-state index < -0.39 is 0 Å². The summed E-state index contributed by atoms with van der Waals surface area (Å²) >= 11 is 0. The van der Waals surface area contributed by atoms with Gasteiger partial charge in [0.05, 0.1) is 0 Å². The molecule has 1 saturated heterocycles. The number of pyridine rings is 1. The number of rotatable bonds is 3. The van der Waals surface area contributed by atoms with Crippen molar-refractivity contribution in [3.63, 3.8) is 0 Å². The highest BCUT2D eigenvalue weighted by Gasteiger charge is 2.23. The van der Waals surface area contributed by atoms with E-state index in [9.17, 15) is 4.79 Å². The van der Waals surface area contributed by atoms with Crippen LogP contribution in [0.25, 0.3) is 0 Å². The number of nitrogens with zero attached hydrogens (tertiary/aromatic N) is 2. The summed E-state index contributed by atoms with van der Waals surface area (Å²) in [7, 11) is 0. The third kappa shape index (κ3) is 3.59. The quantitative estimate of drug-likeness (QED) is 0.915. The zero-order chi connectivity index (χ0) is 17.9. The second-order valence-corrected chi connectivity index (χ2v) is 6.91. The van der Waals surface area contributed by atoms with E-state index in [4.69, 9.17) is 9.47 Å². The SMILES string of the molecule is CC1CCCN(C(=O)c2cc(Nc3ccc4c(c3)OCCO4)ccn2)C1. The van der Waals surface area contributed by atoms with Gasteiger partial charge in [-0.3, -0.25) is 9.78 Å². The maximum Gasteiger partial charge on any atom is 0.272 e. The molecule has 1 N–H and O–H groups in total. The zero-order valence-electron chi connectivity index (χ0n) is 14.9. The van der Waals surface area contributed by atoms with Crippen molar-refractivity contribution in [2.24, 2.45) is 5.92 Å². The van der Waals surface area contributed by atoms with Gasteiger partial charge < -0.3 is 19.7 Å². The van der Waals surface area contributed by atoms with Crippen molar-refractivity contribution in [3.8, 4) is 11.5 Å². The first-order valence-corrected chi connectivity index (χ1v) is 9.11. The van der Waals surface area contributed by atoms with Crippen LogP contribution in [-0.2, 0) is 0 Å². The van der Waals surface area contributed by atoms with Crippen LogP contribution in [0, 0.1) is 5.92 Å². The van der Waals surface area contributed by atoms with E-state index >= 15 is 0 Å². The van der Waals surface area contributed by atoms with E-state index in [0.29, 0.717) is 24.8 Å². The maximum absolute atomic E-state index is 12.7. The van der Waals surface area contributed by atoms with E-state index in [2.05, 4.69) is 17.2 Å². The lowest BCUT2D eigenvalue weighted by atomic mass is 10.00. The largest absolute Gasteiger partial charge is 0.486 e. The van der Waals surface area contributed by atoms with Gasteiger partial charge in [0.15, 0.2) is 11.5 Å². The summed E-state index contributed by atoms with van der Waals surface area (Å²) in [6.07, 6.45) is 3.91. The Morgan fingerprint density at radius 1 is 1.15 bits per heavy atom. The number of anilines is 2. The smallest absolute Gasteiger partial charge is 0.272 e. The second-order valence-electron chi connectivity index (χ2n) is 6.91. The van der Waals surface area contributed by atoms with Gasteiger partial charge in [-0.2, -0.15) is 0 Å². The number of hydrogen-bond donors (Lipinski definition) is 1. The van der Waals surface area contributed by atoms with Gasteiger partial charge in [0.1, 0.15) is 18.9 Å². The molecule has 2 aliphatic heterocycles. The molecule has 0 radical (unpaired) electrons. The topological polar surface area (TPSA) is 63.7 Å². The molecule has 3 heterocycles. The van der Waals surface area contributed by atoms with Crippen LogP contribution in [0.5, 0.6) is 11.5 Å². The van der Waals surface area contributed by atoms with E-state index in [1.165, 1.54) is 6.42 Å². The standard InChI is InChI=1S/C20H23N3O3/c1-14-3-2-8-23(13-14)20(24)17-11-16(6-7-21-17)22-15-4-5-18-19(12-15)26-10-9-25-18/h4-7,11-12,14H,2-3,8-10,13H2,1H3,(H,21,22). The third-order valence-electron chi connectivity index (χ3n) is 4.75. The Kier molecular flexibility index (Phi) is 4.65. The molecular weight excluding hydrogens is 330 g/mol. The molecule has 1 unspecified atom stereocenters. The molecule has 1 amide bonds. The van der Waals surface area contributed by atoms with Gasteiger partial charge in [0.2, 0.25) is 0 Å². The molecule has 2 aliphatic rings. The van der Waals surface area contributed by atoms with Gasteiger partial charge >= 0.3 is 0 Å². The van der Waals surface area contributed by atoms with Gasteiger partial charge in [-0.25, -0.2) is 0 Å². The molecule has 2 aromatic rings. The number of carbonyl (C=O) groups is 1. The zero-order valence-corrected chi connectivity index (χ0v) is 14.9. The molecule has 0 bridgehead atoms. The van der Waals surface area contributed by atoms with Crippen molar-refractivity contribution >= 4 is 17.3 Å². The van der Waals surface area contributed by atoms with Gasteiger partial charge in [0, 0.05) is 36.7 Å². The lowest BCUT2D eigenvalue weighted by Crippen LogP contribution is -2.39. The van der Waals surface area contributed by atoms with Crippen molar-refractivity contribution in [1.29, 1.82) is 0 Å². The molecule has 0 spiro atoms. The molecule has 1 fully saturated rings. The normalized spacial score (nSPS) is 19.1. The van der Waals surface area contributed by atoms with Crippen LogP contribution in [0.15, 0.2) is 36.5 Å². The van der Waals surface area contributed by atoms with Crippen molar-refractivity contribution in [3.05, 3.63) is 42.2 Å². The molecule has 1 atom stereocenters. The first kappa shape index (κ1) is 16.7. The van der Waals surface area contributed by atoms with E-state index in [1.54, 1.807) is 12.3 Å². The molecule has 26 heavy (non-hydrogen) atoms. The maximum atomic E-state index is 12.7. The summed E-state index contributed by atoms with van der Waals surface area (Å²) in [6.45, 7) is 4.93. The van der Waals surface area contributed by atoms with Crippen LogP contribution in [0.2, 0.25) is 0 Å². The number of carbonyl (C=O) groups excluding carboxylic acids is 1. The summed E-state index contributed by atoms with van der Waals surface area (Å²) in [6, 6.07) is 9.38. The molecule has 0 saturated carbocycles. The minimum absolute atomic E-state index is 0.00220. The Hall–Kier alpha value is -2.76. The molecular formula is C20H23N3O3. The summed E-state index contributed by atoms with van der Waals surface area (Å²) in [5.74, 6) is 2.04. The molecule has 1 aromatic heterocycles. The predicted molar refractivity (Wildman–Crippen MR) is 99.3 cm³/mol. The summed E-state index contributed by atoms with van der Waals surface area (Å²) in [5.41, 5.74) is 2.18. The number of ether oxygens (including phenoxy) is 2. The number of likely N-dealkylation sites (tertiary alicyclic amines) is 1. The summed E-state index contributed by atoms with van der Waals surface area (Å²) in [5, 5.41) is 3.31. The van der Waals surface area contributed by atoms with Crippen LogP contribution < -0.4 is 14.8 Å². The van der Waals surface area contributed by atoms with Crippen LogP contribution in [0.3, 0.4) is 0 Å². The van der Waals surface area contributed by atoms with Crippen LogP contribution in [0.4, 0.5) is 11.4 Å². The lowest BCUT2D eigenvalue weighted by molar-refractivity contribution is 0.0677. The fourth-order valence-corrected chi connectivity index (χ4v) is 3.45. The Morgan fingerprint density at radius 3 is 2.81 bits per heavy atom. The minimum atomic E-state index is 0.00220.